The fourth-order valence-corrected chi connectivity index (χ4v) is 4.15. The molecule has 0 saturated carbocycles. The van der Waals surface area contributed by atoms with Gasteiger partial charge in [0.25, 0.3) is 0 Å². The van der Waals surface area contributed by atoms with Gasteiger partial charge in [-0.15, -0.1) is 0 Å². The molecule has 2 aromatic rings. The maximum absolute atomic E-state index is 11.9. The van der Waals surface area contributed by atoms with E-state index in [0.29, 0.717) is 12.2 Å². The van der Waals surface area contributed by atoms with Gasteiger partial charge in [-0.2, -0.15) is 0 Å². The summed E-state index contributed by atoms with van der Waals surface area (Å²) in [5.41, 5.74) is 7.25. The van der Waals surface area contributed by atoms with Crippen molar-refractivity contribution >= 4 is 21.4 Å². The lowest BCUT2D eigenvalue weighted by Gasteiger charge is -2.14. The summed E-state index contributed by atoms with van der Waals surface area (Å²) in [4.78, 5) is 0. The molecule has 0 aromatic heterocycles. The van der Waals surface area contributed by atoms with E-state index in [1.54, 1.807) is 13.8 Å². The van der Waals surface area contributed by atoms with Gasteiger partial charge in [-0.05, 0) is 80.0 Å². The SMILES string of the molecule is Cc1c(NCc2ccc(NS(=O)(=O)C(C)C)cc2)ccc2c1CC(C)C2. The highest BCUT2D eigenvalue weighted by Crippen LogP contribution is 2.33. The van der Waals surface area contributed by atoms with Crippen LogP contribution in [0.2, 0.25) is 0 Å². The predicted molar refractivity (Wildman–Crippen MR) is 109 cm³/mol. The summed E-state index contributed by atoms with van der Waals surface area (Å²) in [6, 6.07) is 12.0. The Kier molecular flexibility index (Phi) is 5.28. The molecule has 0 radical (unpaired) electrons. The van der Waals surface area contributed by atoms with Gasteiger partial charge in [-0.1, -0.05) is 25.1 Å². The first-order chi connectivity index (χ1) is 12.3. The van der Waals surface area contributed by atoms with Crippen LogP contribution in [0.5, 0.6) is 0 Å². The monoisotopic (exact) mass is 372 g/mol. The molecule has 0 saturated heterocycles. The lowest BCUT2D eigenvalue weighted by Crippen LogP contribution is -2.22. The summed E-state index contributed by atoms with van der Waals surface area (Å²) >= 11 is 0. The fraction of sp³-hybridized carbons (Fsp3) is 0.429. The average Bonchev–Trinajstić information content (AvgIpc) is 2.96. The molecule has 26 heavy (non-hydrogen) atoms. The number of hydrogen-bond acceptors (Lipinski definition) is 3. The molecule has 0 heterocycles. The van der Waals surface area contributed by atoms with Gasteiger partial charge in [0.2, 0.25) is 10.0 Å². The van der Waals surface area contributed by atoms with E-state index < -0.39 is 15.3 Å². The molecule has 0 amide bonds. The van der Waals surface area contributed by atoms with Crippen LogP contribution in [0.15, 0.2) is 36.4 Å². The van der Waals surface area contributed by atoms with Gasteiger partial charge in [0.1, 0.15) is 0 Å². The van der Waals surface area contributed by atoms with Gasteiger partial charge in [0.15, 0.2) is 0 Å². The van der Waals surface area contributed by atoms with Crippen molar-refractivity contribution in [3.8, 4) is 0 Å². The number of fused-ring (bicyclic) bond motifs is 1. The minimum Gasteiger partial charge on any atom is -0.381 e. The molecule has 1 aliphatic rings. The number of hydrogen-bond donors (Lipinski definition) is 2. The third kappa shape index (κ3) is 4.04. The van der Waals surface area contributed by atoms with Gasteiger partial charge in [0, 0.05) is 17.9 Å². The maximum Gasteiger partial charge on any atom is 0.235 e. The van der Waals surface area contributed by atoms with Gasteiger partial charge in [-0.25, -0.2) is 8.42 Å². The number of anilines is 2. The minimum atomic E-state index is -3.30. The zero-order valence-corrected chi connectivity index (χ0v) is 16.8. The molecule has 3 rings (SSSR count). The molecule has 2 N–H and O–H groups in total. The van der Waals surface area contributed by atoms with Crippen molar-refractivity contribution in [1.29, 1.82) is 0 Å². The summed E-state index contributed by atoms with van der Waals surface area (Å²) in [5.74, 6) is 0.737. The first kappa shape index (κ1) is 18.8. The van der Waals surface area contributed by atoms with Crippen molar-refractivity contribution in [3.63, 3.8) is 0 Å². The van der Waals surface area contributed by atoms with E-state index in [4.69, 9.17) is 0 Å². The van der Waals surface area contributed by atoms with Gasteiger partial charge >= 0.3 is 0 Å². The van der Waals surface area contributed by atoms with Crippen LogP contribution >= 0.6 is 0 Å². The molecule has 2 aromatic carbocycles. The molecule has 1 unspecified atom stereocenters. The van der Waals surface area contributed by atoms with Crippen LogP contribution < -0.4 is 10.0 Å². The lowest BCUT2D eigenvalue weighted by molar-refractivity contribution is 0.593. The molecule has 0 bridgehead atoms. The fourth-order valence-electron chi connectivity index (χ4n) is 3.45. The number of benzene rings is 2. The second-order valence-corrected chi connectivity index (χ2v) is 9.87. The third-order valence-electron chi connectivity index (χ3n) is 5.13. The average molecular weight is 373 g/mol. The normalized spacial score (nSPS) is 16.6. The number of rotatable bonds is 6. The second kappa shape index (κ2) is 7.31. The highest BCUT2D eigenvalue weighted by Gasteiger charge is 2.20. The van der Waals surface area contributed by atoms with E-state index >= 15 is 0 Å². The van der Waals surface area contributed by atoms with Crippen molar-refractivity contribution < 1.29 is 8.42 Å². The minimum absolute atomic E-state index is 0.450. The van der Waals surface area contributed by atoms with Gasteiger partial charge in [-0.3, -0.25) is 4.72 Å². The molecular weight excluding hydrogens is 344 g/mol. The Balaban J connectivity index is 1.65. The third-order valence-corrected chi connectivity index (χ3v) is 6.90. The Morgan fingerprint density at radius 3 is 2.42 bits per heavy atom. The van der Waals surface area contributed by atoms with Crippen LogP contribution in [0.25, 0.3) is 0 Å². The Bertz CT molecular complexity index is 887. The van der Waals surface area contributed by atoms with Crippen molar-refractivity contribution in [2.75, 3.05) is 10.0 Å². The van der Waals surface area contributed by atoms with E-state index in [0.717, 1.165) is 11.5 Å². The largest absolute Gasteiger partial charge is 0.381 e. The van der Waals surface area contributed by atoms with Crippen LogP contribution in [-0.2, 0) is 29.4 Å². The molecule has 1 aliphatic carbocycles. The van der Waals surface area contributed by atoms with E-state index in [1.165, 1.54) is 35.2 Å². The Morgan fingerprint density at radius 2 is 1.77 bits per heavy atom. The highest BCUT2D eigenvalue weighted by molar-refractivity contribution is 7.93. The zero-order chi connectivity index (χ0) is 18.9. The zero-order valence-electron chi connectivity index (χ0n) is 16.0. The summed E-state index contributed by atoms with van der Waals surface area (Å²) < 4.78 is 26.5. The topological polar surface area (TPSA) is 58.2 Å². The molecule has 0 fully saturated rings. The van der Waals surface area contributed by atoms with Crippen molar-refractivity contribution in [1.82, 2.24) is 0 Å². The highest BCUT2D eigenvalue weighted by atomic mass is 32.2. The van der Waals surface area contributed by atoms with Crippen LogP contribution in [0, 0.1) is 12.8 Å². The van der Waals surface area contributed by atoms with Gasteiger partial charge in [0.05, 0.1) is 5.25 Å². The van der Waals surface area contributed by atoms with E-state index in [9.17, 15) is 8.42 Å². The summed E-state index contributed by atoms with van der Waals surface area (Å²) in [6.45, 7) is 8.55. The Labute approximate surface area is 157 Å². The molecule has 4 nitrogen and oxygen atoms in total. The Morgan fingerprint density at radius 1 is 1.08 bits per heavy atom. The number of sulfonamides is 1. The summed E-state index contributed by atoms with van der Waals surface area (Å²) in [5, 5.41) is 3.07. The summed E-state index contributed by atoms with van der Waals surface area (Å²) in [6.07, 6.45) is 2.35. The van der Waals surface area contributed by atoms with E-state index in [-0.39, 0.29) is 0 Å². The van der Waals surface area contributed by atoms with Crippen LogP contribution in [0.4, 0.5) is 11.4 Å². The van der Waals surface area contributed by atoms with Crippen molar-refractivity contribution in [3.05, 3.63) is 58.7 Å². The van der Waals surface area contributed by atoms with Crippen LogP contribution in [0.3, 0.4) is 0 Å². The predicted octanol–water partition coefficient (Wildman–Crippen LogP) is 4.49. The molecule has 5 heteroatoms. The quantitative estimate of drug-likeness (QED) is 0.785. The van der Waals surface area contributed by atoms with Crippen LogP contribution in [-0.4, -0.2) is 13.7 Å². The molecule has 1 atom stereocenters. The van der Waals surface area contributed by atoms with Gasteiger partial charge < -0.3 is 5.32 Å². The van der Waals surface area contributed by atoms with Crippen molar-refractivity contribution in [2.45, 2.75) is 52.3 Å². The molecule has 140 valence electrons. The first-order valence-corrected chi connectivity index (χ1v) is 10.8. The maximum atomic E-state index is 11.9. The molecular formula is C21H28N2O2S. The standard InChI is InChI=1S/C21H28N2O2S/c1-14(2)26(24,25)23-19-8-5-17(6-9-19)13-22-21-10-7-18-11-15(3)12-20(18)16(21)4/h5-10,14-15,22-23H,11-13H2,1-4H3. The van der Waals surface area contributed by atoms with E-state index in [1.807, 2.05) is 24.3 Å². The molecule has 0 aliphatic heterocycles. The number of nitrogens with one attached hydrogen (secondary N) is 2. The van der Waals surface area contributed by atoms with Crippen molar-refractivity contribution in [2.24, 2.45) is 5.92 Å². The van der Waals surface area contributed by atoms with Crippen LogP contribution in [0.1, 0.15) is 43.0 Å². The van der Waals surface area contributed by atoms with E-state index in [2.05, 4.69) is 36.0 Å². The lowest BCUT2D eigenvalue weighted by atomic mass is 10.0. The smallest absolute Gasteiger partial charge is 0.235 e. The summed E-state index contributed by atoms with van der Waals surface area (Å²) in [7, 11) is -3.30. The second-order valence-electron chi connectivity index (χ2n) is 7.64. The Hall–Kier alpha value is -2.01. The molecule has 0 spiro atoms. The first-order valence-electron chi connectivity index (χ1n) is 9.22.